The lowest BCUT2D eigenvalue weighted by Gasteiger charge is -2.06. The van der Waals surface area contributed by atoms with Crippen LogP contribution in [0.2, 0.25) is 0 Å². The third-order valence-corrected chi connectivity index (χ3v) is 3.81. The first-order valence-electron chi connectivity index (χ1n) is 5.69. The van der Waals surface area contributed by atoms with Crippen LogP contribution in [0.3, 0.4) is 0 Å². The average molecular weight is 243 g/mol. The van der Waals surface area contributed by atoms with Crippen molar-refractivity contribution < 1.29 is 4.52 Å². The molecule has 0 radical (unpaired) electrons. The molecule has 0 fully saturated rings. The molecule has 0 saturated heterocycles. The second-order valence-electron chi connectivity index (χ2n) is 4.43. The van der Waals surface area contributed by atoms with Gasteiger partial charge in [-0.3, -0.25) is 0 Å². The van der Waals surface area contributed by atoms with Gasteiger partial charge in [0.1, 0.15) is 10.4 Å². The molecule has 0 amide bonds. The van der Waals surface area contributed by atoms with E-state index < -0.39 is 0 Å². The van der Waals surface area contributed by atoms with E-state index in [2.05, 4.69) is 43.3 Å². The van der Waals surface area contributed by atoms with Crippen LogP contribution < -0.4 is 0 Å². The Bertz CT molecular complexity index is 651. The monoisotopic (exact) mass is 243 g/mol. The lowest BCUT2D eigenvalue weighted by atomic mass is 10.00. The quantitative estimate of drug-likeness (QED) is 0.653. The largest absolute Gasteiger partial charge is 0.355 e. The molecule has 0 N–H and O–H groups in total. The summed E-state index contributed by atoms with van der Waals surface area (Å²) in [6, 6.07) is 10.5. The zero-order chi connectivity index (χ0) is 11.8. The predicted octanol–water partition coefficient (Wildman–Crippen LogP) is 4.68. The summed E-state index contributed by atoms with van der Waals surface area (Å²) in [5.74, 6) is 0.528. The van der Waals surface area contributed by atoms with Gasteiger partial charge in [0.15, 0.2) is 5.58 Å². The van der Waals surface area contributed by atoms with Crippen LogP contribution in [-0.2, 0) is 0 Å². The number of nitrogens with zero attached hydrogens (tertiary/aromatic N) is 1. The van der Waals surface area contributed by atoms with E-state index in [0.717, 1.165) is 21.5 Å². The minimum Gasteiger partial charge on any atom is -0.355 e. The first kappa shape index (κ1) is 10.5. The van der Waals surface area contributed by atoms with Crippen molar-refractivity contribution in [2.75, 3.05) is 0 Å². The van der Waals surface area contributed by atoms with E-state index in [1.807, 2.05) is 11.4 Å². The molecule has 17 heavy (non-hydrogen) atoms. The highest BCUT2D eigenvalue weighted by molar-refractivity contribution is 7.17. The van der Waals surface area contributed by atoms with Crippen molar-refractivity contribution >= 4 is 21.6 Å². The van der Waals surface area contributed by atoms with Gasteiger partial charge in [-0.15, -0.1) is 11.3 Å². The van der Waals surface area contributed by atoms with Crippen molar-refractivity contribution in [2.45, 2.75) is 19.8 Å². The van der Waals surface area contributed by atoms with Gasteiger partial charge in [0.2, 0.25) is 0 Å². The molecule has 0 aliphatic carbocycles. The normalized spacial score (nSPS) is 11.5. The van der Waals surface area contributed by atoms with E-state index >= 15 is 0 Å². The van der Waals surface area contributed by atoms with Gasteiger partial charge in [-0.05, 0) is 29.0 Å². The van der Waals surface area contributed by atoms with Gasteiger partial charge in [-0.1, -0.05) is 37.2 Å². The molecule has 1 aromatic carbocycles. The minimum absolute atomic E-state index is 0.528. The Morgan fingerprint density at radius 2 is 2.12 bits per heavy atom. The van der Waals surface area contributed by atoms with Crippen molar-refractivity contribution in [3.8, 4) is 11.3 Å². The molecule has 2 heterocycles. The Kier molecular flexibility index (Phi) is 2.48. The number of thiophene rings is 1. The van der Waals surface area contributed by atoms with E-state index in [9.17, 15) is 0 Å². The molecule has 0 atom stereocenters. The molecule has 3 heteroatoms. The summed E-state index contributed by atoms with van der Waals surface area (Å²) >= 11 is 1.67. The summed E-state index contributed by atoms with van der Waals surface area (Å²) in [4.78, 5) is 0. The number of rotatable bonds is 2. The standard InChI is InChI=1S/C14H13NOS/c1-9(2)10-4-3-5-11(8-10)13-14-12(16-15-13)6-7-17-14/h3-9H,1-2H3. The summed E-state index contributed by atoms with van der Waals surface area (Å²) in [6.07, 6.45) is 0. The van der Waals surface area contributed by atoms with E-state index in [0.29, 0.717) is 5.92 Å². The van der Waals surface area contributed by atoms with Gasteiger partial charge in [0.25, 0.3) is 0 Å². The molecule has 0 unspecified atom stereocenters. The number of aromatic nitrogens is 1. The Hall–Kier alpha value is -1.61. The maximum Gasteiger partial charge on any atom is 0.178 e. The summed E-state index contributed by atoms with van der Waals surface area (Å²) in [5, 5.41) is 6.19. The number of hydrogen-bond donors (Lipinski definition) is 0. The molecule has 0 bridgehead atoms. The highest BCUT2D eigenvalue weighted by Crippen LogP contribution is 2.32. The second-order valence-corrected chi connectivity index (χ2v) is 5.34. The SMILES string of the molecule is CC(C)c1cccc(-c2noc3ccsc23)c1. The number of hydrogen-bond acceptors (Lipinski definition) is 3. The Labute approximate surface area is 104 Å². The molecule has 2 aromatic heterocycles. The summed E-state index contributed by atoms with van der Waals surface area (Å²) in [5.41, 5.74) is 4.30. The lowest BCUT2D eigenvalue weighted by Crippen LogP contribution is -1.87. The summed E-state index contributed by atoms with van der Waals surface area (Å²) in [7, 11) is 0. The molecule has 86 valence electrons. The Morgan fingerprint density at radius 1 is 1.24 bits per heavy atom. The molecule has 3 aromatic rings. The van der Waals surface area contributed by atoms with Crippen LogP contribution in [0.15, 0.2) is 40.2 Å². The van der Waals surface area contributed by atoms with Gasteiger partial charge in [0, 0.05) is 5.56 Å². The highest BCUT2D eigenvalue weighted by atomic mass is 32.1. The van der Waals surface area contributed by atoms with Crippen molar-refractivity contribution in [3.05, 3.63) is 41.3 Å². The first-order valence-corrected chi connectivity index (χ1v) is 6.57. The molecular weight excluding hydrogens is 230 g/mol. The average Bonchev–Trinajstić information content (AvgIpc) is 2.90. The molecule has 3 rings (SSSR count). The van der Waals surface area contributed by atoms with Crippen LogP contribution in [-0.4, -0.2) is 5.16 Å². The third-order valence-electron chi connectivity index (χ3n) is 2.91. The molecule has 0 aliphatic rings. The zero-order valence-electron chi connectivity index (χ0n) is 9.81. The fourth-order valence-corrected chi connectivity index (χ4v) is 2.72. The summed E-state index contributed by atoms with van der Waals surface area (Å²) in [6.45, 7) is 4.39. The predicted molar refractivity (Wildman–Crippen MR) is 71.4 cm³/mol. The molecule has 2 nitrogen and oxygen atoms in total. The van der Waals surface area contributed by atoms with Crippen molar-refractivity contribution in [1.82, 2.24) is 5.16 Å². The van der Waals surface area contributed by atoms with Gasteiger partial charge in [0.05, 0.1) is 0 Å². The first-order chi connectivity index (χ1) is 8.25. The van der Waals surface area contributed by atoms with Crippen LogP contribution >= 0.6 is 11.3 Å². The fourth-order valence-electron chi connectivity index (χ4n) is 1.91. The van der Waals surface area contributed by atoms with E-state index in [1.165, 1.54) is 5.56 Å². The maximum absolute atomic E-state index is 5.30. The second kappa shape index (κ2) is 4.00. The van der Waals surface area contributed by atoms with E-state index in [1.54, 1.807) is 11.3 Å². The van der Waals surface area contributed by atoms with Crippen LogP contribution in [0, 0.1) is 0 Å². The minimum atomic E-state index is 0.528. The highest BCUT2D eigenvalue weighted by Gasteiger charge is 2.12. The third kappa shape index (κ3) is 1.76. The number of fused-ring (bicyclic) bond motifs is 1. The summed E-state index contributed by atoms with van der Waals surface area (Å²) < 4.78 is 6.43. The van der Waals surface area contributed by atoms with Gasteiger partial charge >= 0.3 is 0 Å². The molecule has 0 spiro atoms. The van der Waals surface area contributed by atoms with Crippen LogP contribution in [0.4, 0.5) is 0 Å². The van der Waals surface area contributed by atoms with Gasteiger partial charge < -0.3 is 4.52 Å². The van der Waals surface area contributed by atoms with Crippen molar-refractivity contribution in [1.29, 1.82) is 0 Å². The maximum atomic E-state index is 5.30. The van der Waals surface area contributed by atoms with E-state index in [-0.39, 0.29) is 0 Å². The van der Waals surface area contributed by atoms with Gasteiger partial charge in [-0.2, -0.15) is 0 Å². The molecule has 0 aliphatic heterocycles. The number of benzene rings is 1. The topological polar surface area (TPSA) is 26.0 Å². The zero-order valence-corrected chi connectivity index (χ0v) is 10.6. The lowest BCUT2D eigenvalue weighted by molar-refractivity contribution is 0.459. The van der Waals surface area contributed by atoms with E-state index in [4.69, 9.17) is 4.52 Å². The molecule has 0 saturated carbocycles. The Morgan fingerprint density at radius 3 is 2.94 bits per heavy atom. The van der Waals surface area contributed by atoms with Crippen LogP contribution in [0.5, 0.6) is 0 Å². The van der Waals surface area contributed by atoms with Crippen molar-refractivity contribution in [3.63, 3.8) is 0 Å². The smallest absolute Gasteiger partial charge is 0.178 e. The van der Waals surface area contributed by atoms with Crippen LogP contribution in [0.25, 0.3) is 21.5 Å². The fraction of sp³-hybridized carbons (Fsp3) is 0.214. The van der Waals surface area contributed by atoms with Gasteiger partial charge in [-0.25, -0.2) is 0 Å². The molecular formula is C14H13NOS. The van der Waals surface area contributed by atoms with Crippen molar-refractivity contribution in [2.24, 2.45) is 0 Å². The van der Waals surface area contributed by atoms with Crippen LogP contribution in [0.1, 0.15) is 25.3 Å². The Balaban J connectivity index is 2.16.